The van der Waals surface area contributed by atoms with Crippen LogP contribution in [0.25, 0.3) is 0 Å². The minimum atomic E-state index is 0.412. The number of fused-ring (bicyclic) bond motifs is 2. The molecule has 0 saturated carbocycles. The first kappa shape index (κ1) is 9.78. The Labute approximate surface area is 94.3 Å². The van der Waals surface area contributed by atoms with E-state index in [9.17, 15) is 0 Å². The molecule has 2 aliphatic rings. The Bertz CT molecular complexity index is 405. The molecule has 1 atom stereocenters. The molecule has 0 fully saturated rings. The highest BCUT2D eigenvalue weighted by atomic mass is 16.6. The molecule has 0 radical (unpaired) electrons. The van der Waals surface area contributed by atoms with E-state index in [1.807, 2.05) is 12.1 Å². The maximum absolute atomic E-state index is 5.68. The van der Waals surface area contributed by atoms with E-state index < -0.39 is 0 Å². The van der Waals surface area contributed by atoms with Crippen molar-refractivity contribution in [3.8, 4) is 17.2 Å². The fourth-order valence-corrected chi connectivity index (χ4v) is 2.14. The summed E-state index contributed by atoms with van der Waals surface area (Å²) in [7, 11) is 0. The van der Waals surface area contributed by atoms with Gasteiger partial charge in [-0.2, -0.15) is 0 Å². The van der Waals surface area contributed by atoms with Crippen LogP contribution in [0.4, 0.5) is 0 Å². The van der Waals surface area contributed by atoms with Gasteiger partial charge in [0.2, 0.25) is 0 Å². The van der Waals surface area contributed by atoms with Crippen LogP contribution in [0.15, 0.2) is 12.1 Å². The highest BCUT2D eigenvalue weighted by molar-refractivity contribution is 5.52. The van der Waals surface area contributed by atoms with Crippen molar-refractivity contribution in [2.75, 3.05) is 26.4 Å². The lowest BCUT2D eigenvalue weighted by Crippen LogP contribution is -2.28. The highest BCUT2D eigenvalue weighted by Gasteiger charge is 2.23. The van der Waals surface area contributed by atoms with Crippen LogP contribution in [0.3, 0.4) is 0 Å². The molecule has 2 heterocycles. The third kappa shape index (κ3) is 1.59. The van der Waals surface area contributed by atoms with Crippen molar-refractivity contribution in [2.24, 2.45) is 11.7 Å². The van der Waals surface area contributed by atoms with Crippen molar-refractivity contribution in [3.63, 3.8) is 0 Å². The number of nitrogens with two attached hydrogens (primary N) is 1. The van der Waals surface area contributed by atoms with Gasteiger partial charge in [0.05, 0.1) is 6.61 Å². The van der Waals surface area contributed by atoms with E-state index in [0.29, 0.717) is 32.3 Å². The molecule has 4 heteroatoms. The third-order valence-corrected chi connectivity index (χ3v) is 3.04. The van der Waals surface area contributed by atoms with Gasteiger partial charge in [-0.1, -0.05) is 0 Å². The van der Waals surface area contributed by atoms with Gasteiger partial charge in [0.1, 0.15) is 19.0 Å². The smallest absolute Gasteiger partial charge is 0.165 e. The quantitative estimate of drug-likeness (QED) is 0.767. The van der Waals surface area contributed by atoms with Gasteiger partial charge in [-0.15, -0.1) is 0 Å². The van der Waals surface area contributed by atoms with Gasteiger partial charge in [-0.3, -0.25) is 0 Å². The molecule has 86 valence electrons. The van der Waals surface area contributed by atoms with Crippen molar-refractivity contribution in [2.45, 2.75) is 6.42 Å². The van der Waals surface area contributed by atoms with Gasteiger partial charge in [0, 0.05) is 12.0 Å². The molecule has 2 N–H and O–H groups in total. The Balaban J connectivity index is 1.95. The summed E-state index contributed by atoms with van der Waals surface area (Å²) in [6.45, 7) is 2.58. The molecule has 1 aromatic carbocycles. The second-order valence-corrected chi connectivity index (χ2v) is 4.22. The van der Waals surface area contributed by atoms with Crippen LogP contribution in [-0.2, 0) is 6.42 Å². The van der Waals surface area contributed by atoms with Gasteiger partial charge in [0.15, 0.2) is 11.5 Å². The number of rotatable bonds is 1. The predicted octanol–water partition coefficient (Wildman–Crippen LogP) is 0.968. The first-order valence-corrected chi connectivity index (χ1v) is 5.62. The van der Waals surface area contributed by atoms with E-state index >= 15 is 0 Å². The molecule has 0 amide bonds. The summed E-state index contributed by atoms with van der Waals surface area (Å²) in [5.41, 5.74) is 6.83. The summed E-state index contributed by atoms with van der Waals surface area (Å²) in [6.07, 6.45) is 0.961. The molecule has 1 unspecified atom stereocenters. The van der Waals surface area contributed by atoms with Crippen LogP contribution in [0.2, 0.25) is 0 Å². The molecular formula is C12H15NO3. The van der Waals surface area contributed by atoms with Crippen molar-refractivity contribution >= 4 is 0 Å². The van der Waals surface area contributed by atoms with Crippen LogP contribution in [0, 0.1) is 5.92 Å². The van der Waals surface area contributed by atoms with Gasteiger partial charge in [-0.25, -0.2) is 0 Å². The van der Waals surface area contributed by atoms with Gasteiger partial charge < -0.3 is 19.9 Å². The topological polar surface area (TPSA) is 53.7 Å². The van der Waals surface area contributed by atoms with E-state index in [-0.39, 0.29) is 0 Å². The lowest BCUT2D eigenvalue weighted by atomic mass is 9.96. The largest absolute Gasteiger partial charge is 0.493 e. The van der Waals surface area contributed by atoms with Crippen molar-refractivity contribution in [1.82, 2.24) is 0 Å². The molecular weight excluding hydrogens is 206 g/mol. The van der Waals surface area contributed by atoms with Gasteiger partial charge in [0.25, 0.3) is 0 Å². The van der Waals surface area contributed by atoms with Crippen LogP contribution in [0.1, 0.15) is 5.56 Å². The standard InChI is InChI=1S/C12H15NO3/c13-6-8-3-9-4-11-12(15-2-1-14-11)5-10(9)16-7-8/h4-5,8H,1-3,6-7,13H2. The summed E-state index contributed by atoms with van der Waals surface area (Å²) in [4.78, 5) is 0. The Morgan fingerprint density at radius 2 is 1.81 bits per heavy atom. The molecule has 3 rings (SSSR count). The zero-order chi connectivity index (χ0) is 11.0. The molecule has 0 bridgehead atoms. The molecule has 4 nitrogen and oxygen atoms in total. The summed E-state index contributed by atoms with van der Waals surface area (Å²) in [5, 5.41) is 0. The Morgan fingerprint density at radius 1 is 1.06 bits per heavy atom. The van der Waals surface area contributed by atoms with Gasteiger partial charge >= 0.3 is 0 Å². The minimum Gasteiger partial charge on any atom is -0.493 e. The maximum atomic E-state index is 5.68. The zero-order valence-electron chi connectivity index (χ0n) is 9.07. The fraction of sp³-hybridized carbons (Fsp3) is 0.500. The Morgan fingerprint density at radius 3 is 2.56 bits per heavy atom. The number of hydrogen-bond acceptors (Lipinski definition) is 4. The van der Waals surface area contributed by atoms with Crippen molar-refractivity contribution in [1.29, 1.82) is 0 Å². The summed E-state index contributed by atoms with van der Waals surface area (Å²) >= 11 is 0. The summed E-state index contributed by atoms with van der Waals surface area (Å²) < 4.78 is 16.7. The van der Waals surface area contributed by atoms with E-state index in [1.54, 1.807) is 0 Å². The Hall–Kier alpha value is -1.42. The molecule has 1 aromatic rings. The number of benzene rings is 1. The van der Waals surface area contributed by atoms with Crippen LogP contribution in [-0.4, -0.2) is 26.4 Å². The third-order valence-electron chi connectivity index (χ3n) is 3.04. The maximum Gasteiger partial charge on any atom is 0.165 e. The van der Waals surface area contributed by atoms with E-state index in [1.165, 1.54) is 5.56 Å². The molecule has 2 aliphatic heterocycles. The number of ether oxygens (including phenoxy) is 3. The summed E-state index contributed by atoms with van der Waals surface area (Å²) in [6, 6.07) is 3.95. The van der Waals surface area contributed by atoms with Gasteiger partial charge in [-0.05, 0) is 24.6 Å². The van der Waals surface area contributed by atoms with E-state index in [0.717, 1.165) is 23.7 Å². The fourth-order valence-electron chi connectivity index (χ4n) is 2.14. The SMILES string of the molecule is NCC1COc2cc3c(cc2C1)OCCO3. The molecule has 0 spiro atoms. The van der Waals surface area contributed by atoms with Crippen LogP contribution < -0.4 is 19.9 Å². The lowest BCUT2D eigenvalue weighted by molar-refractivity contribution is 0.167. The first-order valence-electron chi connectivity index (χ1n) is 5.62. The van der Waals surface area contributed by atoms with Crippen molar-refractivity contribution < 1.29 is 14.2 Å². The lowest BCUT2D eigenvalue weighted by Gasteiger charge is -2.27. The van der Waals surface area contributed by atoms with Crippen molar-refractivity contribution in [3.05, 3.63) is 17.7 Å². The second kappa shape index (κ2) is 3.87. The average Bonchev–Trinajstić information content (AvgIpc) is 2.35. The zero-order valence-corrected chi connectivity index (χ0v) is 9.07. The number of hydrogen-bond donors (Lipinski definition) is 1. The summed E-state index contributed by atoms with van der Waals surface area (Å²) in [5.74, 6) is 2.94. The predicted molar refractivity (Wildman–Crippen MR) is 59.2 cm³/mol. The van der Waals surface area contributed by atoms with E-state index in [4.69, 9.17) is 19.9 Å². The molecule has 0 saturated heterocycles. The normalized spacial score (nSPS) is 22.2. The average molecular weight is 221 g/mol. The monoisotopic (exact) mass is 221 g/mol. The molecule has 16 heavy (non-hydrogen) atoms. The van der Waals surface area contributed by atoms with Crippen LogP contribution >= 0.6 is 0 Å². The highest BCUT2D eigenvalue weighted by Crippen LogP contribution is 2.39. The minimum absolute atomic E-state index is 0.412. The molecule has 0 aromatic heterocycles. The van der Waals surface area contributed by atoms with E-state index in [2.05, 4.69) is 0 Å². The van der Waals surface area contributed by atoms with Crippen LogP contribution in [0.5, 0.6) is 17.2 Å². The Kier molecular flexibility index (Phi) is 2.36. The molecule has 0 aliphatic carbocycles. The first-order chi connectivity index (χ1) is 7.86. The second-order valence-electron chi connectivity index (χ2n) is 4.22.